The number of sulfonamides is 1. The zero-order valence-corrected chi connectivity index (χ0v) is 17.7. The number of amides is 3. The van der Waals surface area contributed by atoms with Gasteiger partial charge in [0.05, 0.1) is 17.5 Å². The van der Waals surface area contributed by atoms with Gasteiger partial charge in [-0.25, -0.2) is 8.42 Å². The van der Waals surface area contributed by atoms with Crippen LogP contribution in [0.2, 0.25) is 0 Å². The molecule has 0 aromatic heterocycles. The lowest BCUT2D eigenvalue weighted by molar-refractivity contribution is -0.122. The number of benzene rings is 2. The minimum absolute atomic E-state index is 0.0287. The van der Waals surface area contributed by atoms with Gasteiger partial charge < -0.3 is 16.0 Å². The molecule has 3 amide bonds. The van der Waals surface area contributed by atoms with Crippen molar-refractivity contribution in [2.75, 3.05) is 16.3 Å². The molecule has 0 bridgehead atoms. The molecule has 0 aliphatic carbocycles. The third kappa shape index (κ3) is 7.21. The lowest BCUT2D eigenvalue weighted by atomic mass is 10.1. The van der Waals surface area contributed by atoms with Gasteiger partial charge in [0.1, 0.15) is 6.04 Å². The van der Waals surface area contributed by atoms with Gasteiger partial charge >= 0.3 is 0 Å². The van der Waals surface area contributed by atoms with Crippen molar-refractivity contribution in [1.82, 2.24) is 10.6 Å². The second-order valence-electron chi connectivity index (χ2n) is 6.71. The Hall–Kier alpha value is -3.40. The Morgan fingerprint density at radius 1 is 1.03 bits per heavy atom. The Morgan fingerprint density at radius 3 is 2.30 bits per heavy atom. The molecule has 1 atom stereocenters. The van der Waals surface area contributed by atoms with Crippen LogP contribution in [-0.4, -0.2) is 38.4 Å². The summed E-state index contributed by atoms with van der Waals surface area (Å²) in [5, 5.41) is 7.79. The first-order valence-corrected chi connectivity index (χ1v) is 11.0. The molecule has 0 fully saturated rings. The highest BCUT2D eigenvalue weighted by Crippen LogP contribution is 2.22. The predicted molar refractivity (Wildman–Crippen MR) is 114 cm³/mol. The van der Waals surface area contributed by atoms with Crippen molar-refractivity contribution >= 4 is 39.1 Å². The maximum Gasteiger partial charge on any atom is 0.254 e. The molecule has 160 valence electrons. The van der Waals surface area contributed by atoms with Crippen molar-refractivity contribution in [2.45, 2.75) is 26.4 Å². The second kappa shape index (κ2) is 9.88. The van der Waals surface area contributed by atoms with Crippen LogP contribution in [0.3, 0.4) is 0 Å². The third-order valence-corrected chi connectivity index (χ3v) is 4.52. The Kier molecular flexibility index (Phi) is 7.54. The van der Waals surface area contributed by atoms with E-state index in [1.165, 1.54) is 32.0 Å². The van der Waals surface area contributed by atoms with Gasteiger partial charge in [0, 0.05) is 19.2 Å². The van der Waals surface area contributed by atoms with Gasteiger partial charge in [-0.05, 0) is 30.7 Å². The molecule has 2 aromatic carbocycles. The van der Waals surface area contributed by atoms with Gasteiger partial charge in [0.15, 0.2) is 0 Å². The average Bonchev–Trinajstić information content (AvgIpc) is 2.66. The standard InChI is InChI=1S/C20H24N4O5S/c1-13(19(26)21-12-15-7-5-4-6-8-15)22-20(27)17-11-16(23-14(2)25)9-10-18(17)24-30(3,28)29/h4-11,13,24H,12H2,1-3H3,(H,21,26)(H,22,27)(H,23,25). The van der Waals surface area contributed by atoms with Crippen LogP contribution in [0.5, 0.6) is 0 Å². The van der Waals surface area contributed by atoms with Gasteiger partial charge in [0.25, 0.3) is 5.91 Å². The van der Waals surface area contributed by atoms with Gasteiger partial charge in [-0.3, -0.25) is 19.1 Å². The topological polar surface area (TPSA) is 133 Å². The van der Waals surface area contributed by atoms with Crippen molar-refractivity contribution in [3.8, 4) is 0 Å². The summed E-state index contributed by atoms with van der Waals surface area (Å²) in [7, 11) is -3.65. The first kappa shape index (κ1) is 22.9. The van der Waals surface area contributed by atoms with Gasteiger partial charge in [0.2, 0.25) is 21.8 Å². The fourth-order valence-electron chi connectivity index (χ4n) is 2.58. The summed E-state index contributed by atoms with van der Waals surface area (Å²) in [4.78, 5) is 36.3. The summed E-state index contributed by atoms with van der Waals surface area (Å²) in [5.74, 6) is -1.42. The van der Waals surface area contributed by atoms with Crippen LogP contribution in [0.25, 0.3) is 0 Å². The van der Waals surface area contributed by atoms with Crippen LogP contribution in [0.4, 0.5) is 11.4 Å². The number of carbonyl (C=O) groups is 3. The summed E-state index contributed by atoms with van der Waals surface area (Å²) in [5.41, 5.74) is 1.22. The molecule has 2 rings (SSSR count). The normalized spacial score (nSPS) is 11.8. The second-order valence-corrected chi connectivity index (χ2v) is 8.46. The number of carbonyl (C=O) groups excluding carboxylic acids is 3. The lowest BCUT2D eigenvalue weighted by Crippen LogP contribution is -2.44. The number of rotatable bonds is 8. The van der Waals surface area contributed by atoms with Crippen LogP contribution in [0.15, 0.2) is 48.5 Å². The Morgan fingerprint density at radius 2 is 1.70 bits per heavy atom. The monoisotopic (exact) mass is 432 g/mol. The highest BCUT2D eigenvalue weighted by Gasteiger charge is 2.20. The molecule has 0 aliphatic heterocycles. The molecule has 30 heavy (non-hydrogen) atoms. The molecule has 0 aliphatic rings. The molecule has 0 saturated carbocycles. The largest absolute Gasteiger partial charge is 0.350 e. The van der Waals surface area contributed by atoms with Crippen molar-refractivity contribution in [2.24, 2.45) is 0 Å². The van der Waals surface area contributed by atoms with Crippen molar-refractivity contribution in [1.29, 1.82) is 0 Å². The highest BCUT2D eigenvalue weighted by atomic mass is 32.2. The highest BCUT2D eigenvalue weighted by molar-refractivity contribution is 7.92. The quantitative estimate of drug-likeness (QED) is 0.501. The number of nitrogens with one attached hydrogen (secondary N) is 4. The number of anilines is 2. The molecule has 10 heteroatoms. The maximum absolute atomic E-state index is 12.7. The van der Waals surface area contributed by atoms with E-state index in [2.05, 4.69) is 20.7 Å². The fraction of sp³-hybridized carbons (Fsp3) is 0.250. The molecule has 4 N–H and O–H groups in total. The van der Waals surface area contributed by atoms with E-state index in [0.29, 0.717) is 12.2 Å². The molecule has 1 unspecified atom stereocenters. The lowest BCUT2D eigenvalue weighted by Gasteiger charge is -2.17. The van der Waals surface area contributed by atoms with Crippen molar-refractivity contribution in [3.63, 3.8) is 0 Å². The van der Waals surface area contributed by atoms with Gasteiger partial charge in [-0.2, -0.15) is 0 Å². The maximum atomic E-state index is 12.7. The minimum atomic E-state index is -3.65. The molecule has 0 spiro atoms. The van der Waals surface area contributed by atoms with Crippen LogP contribution < -0.4 is 20.7 Å². The summed E-state index contributed by atoms with van der Waals surface area (Å²) < 4.78 is 25.5. The smallest absolute Gasteiger partial charge is 0.254 e. The van der Waals surface area contributed by atoms with Crippen molar-refractivity contribution in [3.05, 3.63) is 59.7 Å². The van der Waals surface area contributed by atoms with Crippen LogP contribution in [0.1, 0.15) is 29.8 Å². The van der Waals surface area contributed by atoms with Crippen LogP contribution in [-0.2, 0) is 26.2 Å². The number of hydrogen-bond donors (Lipinski definition) is 4. The predicted octanol–water partition coefficient (Wildman–Crippen LogP) is 1.45. The van der Waals surface area contributed by atoms with E-state index in [-0.39, 0.29) is 17.2 Å². The summed E-state index contributed by atoms with van der Waals surface area (Å²) in [6, 6.07) is 12.6. The third-order valence-electron chi connectivity index (χ3n) is 3.93. The van der Waals surface area contributed by atoms with Gasteiger partial charge in [-0.1, -0.05) is 30.3 Å². The Bertz CT molecular complexity index is 1040. The van der Waals surface area contributed by atoms with Crippen molar-refractivity contribution < 1.29 is 22.8 Å². The first-order chi connectivity index (χ1) is 14.0. The molecule has 0 radical (unpaired) electrons. The molecule has 9 nitrogen and oxygen atoms in total. The van der Waals surface area contributed by atoms with E-state index in [4.69, 9.17) is 0 Å². The Balaban J connectivity index is 2.14. The van der Waals surface area contributed by atoms with E-state index in [1.807, 2.05) is 30.3 Å². The van der Waals surface area contributed by atoms with Crippen LogP contribution >= 0.6 is 0 Å². The molecule has 2 aromatic rings. The minimum Gasteiger partial charge on any atom is -0.350 e. The summed E-state index contributed by atoms with van der Waals surface area (Å²) >= 11 is 0. The van der Waals surface area contributed by atoms with Crippen LogP contribution in [0, 0.1) is 0 Å². The molecular weight excluding hydrogens is 408 g/mol. The SMILES string of the molecule is CC(=O)Nc1ccc(NS(C)(=O)=O)c(C(=O)NC(C)C(=O)NCc2ccccc2)c1. The molecular formula is C20H24N4O5S. The first-order valence-electron chi connectivity index (χ1n) is 9.07. The zero-order valence-electron chi connectivity index (χ0n) is 16.9. The molecule has 0 heterocycles. The van der Waals surface area contributed by atoms with Gasteiger partial charge in [-0.15, -0.1) is 0 Å². The number of hydrogen-bond acceptors (Lipinski definition) is 5. The fourth-order valence-corrected chi connectivity index (χ4v) is 3.16. The van der Waals surface area contributed by atoms with E-state index < -0.39 is 27.9 Å². The summed E-state index contributed by atoms with van der Waals surface area (Å²) in [6.07, 6.45) is 0.954. The zero-order chi connectivity index (χ0) is 22.3. The average molecular weight is 433 g/mol. The summed E-state index contributed by atoms with van der Waals surface area (Å²) in [6.45, 7) is 3.12. The van der Waals surface area contributed by atoms with E-state index in [1.54, 1.807) is 0 Å². The molecule has 0 saturated heterocycles. The Labute approximate surface area is 175 Å². The van der Waals surface area contributed by atoms with E-state index >= 15 is 0 Å². The van der Waals surface area contributed by atoms with E-state index in [0.717, 1.165) is 11.8 Å². The van der Waals surface area contributed by atoms with E-state index in [9.17, 15) is 22.8 Å².